The van der Waals surface area contributed by atoms with E-state index in [0.717, 1.165) is 0 Å². The Labute approximate surface area is 218 Å². The highest BCUT2D eigenvalue weighted by atomic mass is 35.5. The van der Waals surface area contributed by atoms with Crippen molar-refractivity contribution in [3.8, 4) is 39.0 Å². The van der Waals surface area contributed by atoms with Gasteiger partial charge in [-0.25, -0.2) is 9.37 Å². The van der Waals surface area contributed by atoms with Crippen LogP contribution in [0.4, 0.5) is 4.39 Å². The van der Waals surface area contributed by atoms with E-state index >= 15 is 4.39 Å². The third kappa shape index (κ3) is 4.90. The molecule has 2 aromatic carbocycles. The zero-order valence-electron chi connectivity index (χ0n) is 18.4. The van der Waals surface area contributed by atoms with Crippen LogP contribution in [0.3, 0.4) is 0 Å². The van der Waals surface area contributed by atoms with Crippen molar-refractivity contribution in [1.29, 1.82) is 5.26 Å². The van der Waals surface area contributed by atoms with E-state index in [1.54, 1.807) is 18.6 Å². The summed E-state index contributed by atoms with van der Waals surface area (Å²) in [6, 6.07) is 9.35. The lowest BCUT2D eigenvalue weighted by Gasteiger charge is -2.11. The van der Waals surface area contributed by atoms with Crippen LogP contribution in [-0.2, 0) is 6.42 Å². The molecule has 12 heteroatoms. The quantitative estimate of drug-likeness (QED) is 0.236. The minimum absolute atomic E-state index is 0.000221. The van der Waals surface area contributed by atoms with Gasteiger partial charge in [-0.15, -0.1) is 21.5 Å². The Kier molecular flexibility index (Phi) is 6.61. The molecule has 0 aliphatic heterocycles. The molecule has 0 aliphatic carbocycles. The molecule has 8 nitrogen and oxygen atoms in total. The van der Waals surface area contributed by atoms with Crippen molar-refractivity contribution in [3.05, 3.63) is 87.5 Å². The van der Waals surface area contributed by atoms with Crippen LogP contribution >= 0.6 is 34.5 Å². The molecule has 0 saturated carbocycles. The number of ether oxygens (including phenoxy) is 1. The van der Waals surface area contributed by atoms with Crippen LogP contribution in [0, 0.1) is 24.1 Å². The first-order valence-electron chi connectivity index (χ1n) is 10.3. The summed E-state index contributed by atoms with van der Waals surface area (Å²) in [7, 11) is 0. The minimum atomic E-state index is -0.695. The Hall–Kier alpha value is -3.91. The van der Waals surface area contributed by atoms with Gasteiger partial charge in [-0.05, 0) is 31.2 Å². The number of halogens is 3. The molecule has 0 aliphatic rings. The molecular formula is C24H13Cl2FN6O2S. The summed E-state index contributed by atoms with van der Waals surface area (Å²) in [6.45, 7) is 1.83. The van der Waals surface area contributed by atoms with E-state index in [4.69, 9.17) is 37.6 Å². The van der Waals surface area contributed by atoms with Gasteiger partial charge in [0.2, 0.25) is 5.89 Å². The number of hydrogen-bond donors (Lipinski definition) is 0. The highest BCUT2D eigenvalue weighted by Gasteiger charge is 2.21. The van der Waals surface area contributed by atoms with Gasteiger partial charge in [0.1, 0.15) is 21.3 Å². The normalized spacial score (nSPS) is 10.9. The highest BCUT2D eigenvalue weighted by Crippen LogP contribution is 2.37. The Morgan fingerprint density at radius 1 is 1.17 bits per heavy atom. The number of hydrogen-bond acceptors (Lipinski definition) is 9. The molecule has 0 N–H and O–H groups in total. The van der Waals surface area contributed by atoms with Crippen molar-refractivity contribution < 1.29 is 13.5 Å². The number of aryl methyl sites for hydroxylation is 1. The van der Waals surface area contributed by atoms with Crippen molar-refractivity contribution in [2.45, 2.75) is 13.3 Å². The topological polar surface area (TPSA) is 111 Å². The third-order valence-electron chi connectivity index (χ3n) is 4.93. The van der Waals surface area contributed by atoms with Gasteiger partial charge in [-0.2, -0.15) is 5.26 Å². The Morgan fingerprint density at radius 3 is 2.81 bits per heavy atom. The van der Waals surface area contributed by atoms with Gasteiger partial charge in [0.25, 0.3) is 5.89 Å². The first kappa shape index (κ1) is 23.8. The largest absolute Gasteiger partial charge is 0.453 e. The molecule has 0 bridgehead atoms. The maximum absolute atomic E-state index is 15.4. The summed E-state index contributed by atoms with van der Waals surface area (Å²) in [5.41, 5.74) is 1.83. The second-order valence-corrected chi connectivity index (χ2v) is 9.28. The minimum Gasteiger partial charge on any atom is -0.453 e. The predicted octanol–water partition coefficient (Wildman–Crippen LogP) is 6.66. The van der Waals surface area contributed by atoms with Crippen LogP contribution in [0.15, 0.2) is 53.3 Å². The van der Waals surface area contributed by atoms with Crippen molar-refractivity contribution in [2.24, 2.45) is 0 Å². The first-order chi connectivity index (χ1) is 17.4. The molecule has 3 heterocycles. The molecule has 3 aromatic heterocycles. The molecule has 36 heavy (non-hydrogen) atoms. The Bertz CT molecular complexity index is 1620. The van der Waals surface area contributed by atoms with E-state index in [-0.39, 0.29) is 50.9 Å². The maximum atomic E-state index is 15.4. The highest BCUT2D eigenvalue weighted by molar-refractivity contribution is 7.18. The molecule has 0 saturated heterocycles. The van der Waals surface area contributed by atoms with E-state index in [0.29, 0.717) is 21.3 Å². The Morgan fingerprint density at radius 2 is 2.03 bits per heavy atom. The lowest BCUT2D eigenvalue weighted by molar-refractivity contribution is 0.437. The molecule has 0 spiro atoms. The first-order valence-corrected chi connectivity index (χ1v) is 11.9. The third-order valence-corrected chi connectivity index (χ3v) is 6.61. The summed E-state index contributed by atoms with van der Waals surface area (Å²) < 4.78 is 26.8. The summed E-state index contributed by atoms with van der Waals surface area (Å²) in [5.74, 6) is -0.257. The van der Waals surface area contributed by atoms with Crippen molar-refractivity contribution >= 4 is 34.5 Å². The second-order valence-electron chi connectivity index (χ2n) is 7.44. The van der Waals surface area contributed by atoms with E-state index in [1.165, 1.54) is 41.7 Å². The van der Waals surface area contributed by atoms with E-state index < -0.39 is 5.82 Å². The molecule has 0 radical (unpaired) electrons. The van der Waals surface area contributed by atoms with Gasteiger partial charge < -0.3 is 9.15 Å². The number of aromatic nitrogens is 5. The maximum Gasteiger partial charge on any atom is 0.259 e. The van der Waals surface area contributed by atoms with Gasteiger partial charge in [-0.1, -0.05) is 29.3 Å². The van der Waals surface area contributed by atoms with Gasteiger partial charge in [0.05, 0.1) is 35.0 Å². The molecule has 0 fully saturated rings. The Balaban J connectivity index is 1.40. The predicted molar refractivity (Wildman–Crippen MR) is 132 cm³/mol. The van der Waals surface area contributed by atoms with Crippen molar-refractivity contribution in [1.82, 2.24) is 25.1 Å². The van der Waals surface area contributed by atoms with E-state index in [9.17, 15) is 0 Å². The number of nitriles is 1. The van der Waals surface area contributed by atoms with Crippen LogP contribution < -0.4 is 4.74 Å². The lowest BCUT2D eigenvalue weighted by Crippen LogP contribution is -1.98. The van der Waals surface area contributed by atoms with Crippen molar-refractivity contribution in [2.75, 3.05) is 0 Å². The van der Waals surface area contributed by atoms with Gasteiger partial charge in [0.15, 0.2) is 11.6 Å². The van der Waals surface area contributed by atoms with Gasteiger partial charge >= 0.3 is 0 Å². The molecule has 5 aromatic rings. The van der Waals surface area contributed by atoms with Crippen LogP contribution in [0.25, 0.3) is 21.5 Å². The average molecular weight is 539 g/mol. The fourth-order valence-corrected chi connectivity index (χ4v) is 4.66. The second kappa shape index (κ2) is 9.99. The summed E-state index contributed by atoms with van der Waals surface area (Å²) in [4.78, 5) is 13.5. The lowest BCUT2D eigenvalue weighted by atomic mass is 10.1. The van der Waals surface area contributed by atoms with E-state index in [2.05, 4.69) is 25.1 Å². The van der Waals surface area contributed by atoms with Crippen LogP contribution in [0.1, 0.15) is 22.7 Å². The van der Waals surface area contributed by atoms with E-state index in [1.807, 2.05) is 13.0 Å². The zero-order chi connectivity index (χ0) is 25.2. The average Bonchev–Trinajstić information content (AvgIpc) is 3.50. The molecule has 0 atom stereocenters. The monoisotopic (exact) mass is 538 g/mol. The van der Waals surface area contributed by atoms with Crippen LogP contribution in [0.2, 0.25) is 10.0 Å². The molecule has 0 unspecified atom stereocenters. The van der Waals surface area contributed by atoms with Crippen LogP contribution in [0.5, 0.6) is 11.5 Å². The molecule has 0 amide bonds. The zero-order valence-corrected chi connectivity index (χ0v) is 20.7. The molecular weight excluding hydrogens is 526 g/mol. The summed E-state index contributed by atoms with van der Waals surface area (Å²) in [5, 5.41) is 18.3. The number of benzene rings is 2. The fraction of sp³-hybridized carbons (Fsp3) is 0.0833. The SMILES string of the molecule is Cc1nc(-c2cnccn2)sc1-c1nnc(Cc2ccc(Cl)c(Oc3cc(Cl)cc(C#N)c3)c2F)o1. The molecule has 5 rings (SSSR count). The smallest absolute Gasteiger partial charge is 0.259 e. The standard InChI is InChI=1S/C24H13Cl2FN6O2S/c1-12-22(36-24(31-12)18-11-29-4-5-30-18)23-33-32-19(35-23)8-14-2-3-17(26)21(20(14)27)34-16-7-13(10-28)6-15(25)9-16/h2-7,9,11H,8H2,1H3. The summed E-state index contributed by atoms with van der Waals surface area (Å²) in [6.07, 6.45) is 4.79. The van der Waals surface area contributed by atoms with Crippen LogP contribution in [-0.4, -0.2) is 25.1 Å². The molecule has 178 valence electrons. The van der Waals surface area contributed by atoms with Gasteiger partial charge in [0, 0.05) is 23.0 Å². The number of thiazole rings is 1. The number of rotatable bonds is 6. The number of nitrogens with zero attached hydrogens (tertiary/aromatic N) is 6. The van der Waals surface area contributed by atoms with Gasteiger partial charge in [-0.3, -0.25) is 9.97 Å². The summed E-state index contributed by atoms with van der Waals surface area (Å²) >= 11 is 13.6. The fourth-order valence-electron chi connectivity index (χ4n) is 3.30. The van der Waals surface area contributed by atoms with Crippen molar-refractivity contribution in [3.63, 3.8) is 0 Å².